The van der Waals surface area contributed by atoms with Crippen molar-refractivity contribution in [3.63, 3.8) is 0 Å². The van der Waals surface area contributed by atoms with E-state index in [1.807, 2.05) is 30.3 Å². The molecule has 3 heterocycles. The Labute approximate surface area is 129 Å². The average Bonchev–Trinajstić information content (AvgIpc) is 3.01. The number of aliphatic hydroxyl groups is 1. The zero-order valence-electron chi connectivity index (χ0n) is 12.5. The number of aliphatic hydroxyl groups excluding tert-OH is 1. The van der Waals surface area contributed by atoms with Crippen molar-refractivity contribution in [1.82, 2.24) is 4.98 Å². The van der Waals surface area contributed by atoms with Crippen LogP contribution < -0.4 is 4.90 Å². The molecule has 2 fully saturated rings. The first-order chi connectivity index (χ1) is 10.8. The lowest BCUT2D eigenvalue weighted by atomic mass is 10.0. The molecule has 0 amide bonds. The van der Waals surface area contributed by atoms with E-state index in [-0.39, 0.29) is 12.2 Å². The molecule has 5 heteroatoms. The van der Waals surface area contributed by atoms with Crippen molar-refractivity contribution < 1.29 is 14.6 Å². The maximum atomic E-state index is 9.74. The lowest BCUT2D eigenvalue weighted by Crippen LogP contribution is -2.53. The van der Waals surface area contributed by atoms with Crippen LogP contribution in [-0.4, -0.2) is 48.6 Å². The minimum Gasteiger partial charge on any atom is -0.392 e. The third kappa shape index (κ3) is 2.35. The van der Waals surface area contributed by atoms with Crippen LogP contribution in [0.4, 0.5) is 5.82 Å². The molecule has 1 aromatic carbocycles. The van der Waals surface area contributed by atoms with Gasteiger partial charge in [-0.05, 0) is 12.1 Å². The number of para-hydroxylation sites is 1. The Morgan fingerprint density at radius 2 is 2.18 bits per heavy atom. The Kier molecular flexibility index (Phi) is 3.48. The highest BCUT2D eigenvalue weighted by molar-refractivity contribution is 5.81. The summed E-state index contributed by atoms with van der Waals surface area (Å²) < 4.78 is 11.5. The number of hydrogen-bond donors (Lipinski definition) is 1. The quantitative estimate of drug-likeness (QED) is 0.915. The van der Waals surface area contributed by atoms with Gasteiger partial charge in [-0.1, -0.05) is 18.2 Å². The summed E-state index contributed by atoms with van der Waals surface area (Å²) in [6.07, 6.45) is 0.922. The first-order valence-corrected chi connectivity index (χ1v) is 7.76. The van der Waals surface area contributed by atoms with E-state index in [9.17, 15) is 5.11 Å². The molecule has 1 N–H and O–H groups in total. The number of rotatable bonds is 2. The number of hydrogen-bond acceptors (Lipinski definition) is 5. The maximum absolute atomic E-state index is 9.74. The van der Waals surface area contributed by atoms with Crippen molar-refractivity contribution in [2.45, 2.75) is 18.6 Å². The molecule has 1 aromatic heterocycles. The number of ether oxygens (including phenoxy) is 2. The molecular formula is C17H20N2O3. The SMILES string of the molecule is OCc1cc2ccccc2nc1N1CCOC2(CCOC2)C1. The van der Waals surface area contributed by atoms with Crippen LogP contribution in [-0.2, 0) is 16.1 Å². The fourth-order valence-corrected chi connectivity index (χ4v) is 3.39. The first kappa shape index (κ1) is 13.9. The van der Waals surface area contributed by atoms with Gasteiger partial charge in [-0.15, -0.1) is 0 Å². The molecule has 1 atom stereocenters. The molecule has 4 rings (SSSR count). The van der Waals surface area contributed by atoms with E-state index >= 15 is 0 Å². The van der Waals surface area contributed by atoms with Gasteiger partial charge < -0.3 is 19.5 Å². The monoisotopic (exact) mass is 300 g/mol. The van der Waals surface area contributed by atoms with Crippen molar-refractivity contribution in [2.24, 2.45) is 0 Å². The van der Waals surface area contributed by atoms with E-state index < -0.39 is 0 Å². The highest BCUT2D eigenvalue weighted by Crippen LogP contribution is 2.32. The molecule has 5 nitrogen and oxygen atoms in total. The summed E-state index contributed by atoms with van der Waals surface area (Å²) >= 11 is 0. The van der Waals surface area contributed by atoms with E-state index in [0.29, 0.717) is 13.2 Å². The summed E-state index contributed by atoms with van der Waals surface area (Å²) in [6, 6.07) is 10.0. The van der Waals surface area contributed by atoms with Gasteiger partial charge in [-0.25, -0.2) is 4.98 Å². The second kappa shape index (κ2) is 5.50. The molecule has 0 saturated carbocycles. The summed E-state index contributed by atoms with van der Waals surface area (Å²) in [4.78, 5) is 7.03. The van der Waals surface area contributed by atoms with Crippen molar-refractivity contribution in [2.75, 3.05) is 37.8 Å². The molecule has 0 bridgehead atoms. The van der Waals surface area contributed by atoms with Crippen LogP contribution in [0.5, 0.6) is 0 Å². The number of benzene rings is 1. The summed E-state index contributed by atoms with van der Waals surface area (Å²) in [5, 5.41) is 10.8. The molecule has 22 heavy (non-hydrogen) atoms. The second-order valence-electron chi connectivity index (χ2n) is 6.08. The molecule has 2 saturated heterocycles. The predicted octanol–water partition coefficient (Wildman–Crippen LogP) is 1.72. The molecule has 2 aliphatic rings. The average molecular weight is 300 g/mol. The summed E-state index contributed by atoms with van der Waals surface area (Å²) in [5.74, 6) is 0.871. The topological polar surface area (TPSA) is 54.8 Å². The Morgan fingerprint density at radius 1 is 1.27 bits per heavy atom. The van der Waals surface area contributed by atoms with Gasteiger partial charge in [0.15, 0.2) is 0 Å². The van der Waals surface area contributed by atoms with Gasteiger partial charge in [-0.2, -0.15) is 0 Å². The molecule has 0 radical (unpaired) electrons. The van der Waals surface area contributed by atoms with Gasteiger partial charge in [0.1, 0.15) is 11.4 Å². The van der Waals surface area contributed by atoms with Crippen LogP contribution in [0.1, 0.15) is 12.0 Å². The molecule has 1 unspecified atom stereocenters. The fraction of sp³-hybridized carbons (Fsp3) is 0.471. The van der Waals surface area contributed by atoms with E-state index in [1.165, 1.54) is 0 Å². The van der Waals surface area contributed by atoms with Gasteiger partial charge in [-0.3, -0.25) is 0 Å². The van der Waals surface area contributed by atoms with Crippen LogP contribution in [0.25, 0.3) is 10.9 Å². The summed E-state index contributed by atoms with van der Waals surface area (Å²) in [6.45, 7) is 3.62. The Bertz CT molecular complexity index is 683. The lowest BCUT2D eigenvalue weighted by Gasteiger charge is -2.40. The standard InChI is InChI=1S/C17H20N2O3/c20-10-14-9-13-3-1-2-4-15(13)18-16(14)19-6-8-22-17(11-19)5-7-21-12-17/h1-4,9,20H,5-8,10-12H2. The molecule has 116 valence electrons. The molecule has 2 aliphatic heterocycles. The van der Waals surface area contributed by atoms with Crippen molar-refractivity contribution in [1.29, 1.82) is 0 Å². The smallest absolute Gasteiger partial charge is 0.135 e. The van der Waals surface area contributed by atoms with Crippen molar-refractivity contribution in [3.05, 3.63) is 35.9 Å². The molecular weight excluding hydrogens is 280 g/mol. The number of nitrogens with zero attached hydrogens (tertiary/aromatic N) is 2. The van der Waals surface area contributed by atoms with E-state index in [4.69, 9.17) is 14.5 Å². The van der Waals surface area contributed by atoms with Gasteiger partial charge in [0, 0.05) is 30.5 Å². The largest absolute Gasteiger partial charge is 0.392 e. The van der Waals surface area contributed by atoms with Gasteiger partial charge in [0.05, 0.1) is 31.9 Å². The van der Waals surface area contributed by atoms with E-state index in [0.717, 1.165) is 48.4 Å². The minimum atomic E-state index is -0.210. The number of anilines is 1. The number of pyridine rings is 1. The van der Waals surface area contributed by atoms with Gasteiger partial charge in [0.2, 0.25) is 0 Å². The van der Waals surface area contributed by atoms with E-state index in [2.05, 4.69) is 4.90 Å². The molecule has 2 aromatic rings. The zero-order valence-corrected chi connectivity index (χ0v) is 12.5. The molecule has 1 spiro atoms. The van der Waals surface area contributed by atoms with Crippen LogP contribution in [0.3, 0.4) is 0 Å². The zero-order chi connectivity index (χ0) is 15.0. The number of aromatic nitrogens is 1. The number of fused-ring (bicyclic) bond motifs is 1. The first-order valence-electron chi connectivity index (χ1n) is 7.76. The minimum absolute atomic E-state index is 0.00593. The fourth-order valence-electron chi connectivity index (χ4n) is 3.39. The summed E-state index contributed by atoms with van der Waals surface area (Å²) in [7, 11) is 0. The summed E-state index contributed by atoms with van der Waals surface area (Å²) in [5.41, 5.74) is 1.62. The Balaban J connectivity index is 1.72. The highest BCUT2D eigenvalue weighted by atomic mass is 16.6. The van der Waals surface area contributed by atoms with Gasteiger partial charge in [0.25, 0.3) is 0 Å². The number of morpholine rings is 1. The molecule has 0 aliphatic carbocycles. The third-order valence-electron chi connectivity index (χ3n) is 4.57. The lowest BCUT2D eigenvalue weighted by molar-refractivity contribution is -0.0581. The normalized spacial score (nSPS) is 25.2. The Morgan fingerprint density at radius 3 is 3.00 bits per heavy atom. The van der Waals surface area contributed by atoms with Crippen LogP contribution in [0, 0.1) is 0 Å². The van der Waals surface area contributed by atoms with Gasteiger partial charge >= 0.3 is 0 Å². The van der Waals surface area contributed by atoms with Crippen LogP contribution in [0.15, 0.2) is 30.3 Å². The van der Waals surface area contributed by atoms with E-state index in [1.54, 1.807) is 0 Å². The Hall–Kier alpha value is -1.69. The second-order valence-corrected chi connectivity index (χ2v) is 6.08. The van der Waals surface area contributed by atoms with Crippen LogP contribution in [0.2, 0.25) is 0 Å². The third-order valence-corrected chi connectivity index (χ3v) is 4.57. The highest BCUT2D eigenvalue weighted by Gasteiger charge is 2.41. The predicted molar refractivity (Wildman–Crippen MR) is 84.0 cm³/mol. The van der Waals surface area contributed by atoms with Crippen LogP contribution >= 0.6 is 0 Å². The maximum Gasteiger partial charge on any atom is 0.135 e. The van der Waals surface area contributed by atoms with Crippen molar-refractivity contribution in [3.8, 4) is 0 Å². The van der Waals surface area contributed by atoms with Crippen molar-refractivity contribution >= 4 is 16.7 Å².